The molecule has 2 aromatic rings. The van der Waals surface area contributed by atoms with Gasteiger partial charge in [0.2, 0.25) is 0 Å². The van der Waals surface area contributed by atoms with Crippen molar-refractivity contribution in [2.45, 2.75) is 6.92 Å². The first-order valence-electron chi connectivity index (χ1n) is 7.65. The summed E-state index contributed by atoms with van der Waals surface area (Å²) in [5, 5.41) is 2.98. The first-order chi connectivity index (χ1) is 10.7. The second-order valence-corrected chi connectivity index (χ2v) is 5.61. The minimum Gasteiger partial charge on any atom is -0.368 e. The largest absolute Gasteiger partial charge is 0.368 e. The molecule has 2 amide bonds. The highest BCUT2D eigenvalue weighted by Gasteiger charge is 2.21. The molecule has 1 aliphatic rings. The first kappa shape index (κ1) is 14.4. The standard InChI is InChI=1S/C18H21N3O/c1-15-6-5-7-16(14-15)19-18(22)21-12-10-20(11-13-21)17-8-3-2-4-9-17/h2-9,14H,10-13H2,1H3,(H,19,22). The van der Waals surface area contributed by atoms with Crippen molar-refractivity contribution >= 4 is 17.4 Å². The van der Waals surface area contributed by atoms with Crippen molar-refractivity contribution in [2.24, 2.45) is 0 Å². The van der Waals surface area contributed by atoms with Gasteiger partial charge in [-0.1, -0.05) is 30.3 Å². The molecule has 0 bridgehead atoms. The number of nitrogens with zero attached hydrogens (tertiary/aromatic N) is 2. The molecule has 114 valence electrons. The lowest BCUT2D eigenvalue weighted by atomic mass is 10.2. The van der Waals surface area contributed by atoms with E-state index in [0.717, 1.165) is 37.4 Å². The van der Waals surface area contributed by atoms with Gasteiger partial charge in [0.1, 0.15) is 0 Å². The van der Waals surface area contributed by atoms with Gasteiger partial charge in [-0.3, -0.25) is 0 Å². The molecule has 3 rings (SSSR count). The second-order valence-electron chi connectivity index (χ2n) is 5.61. The maximum atomic E-state index is 12.3. The van der Waals surface area contributed by atoms with Crippen LogP contribution in [-0.4, -0.2) is 37.1 Å². The van der Waals surface area contributed by atoms with E-state index < -0.39 is 0 Å². The number of piperazine rings is 1. The molecule has 4 nitrogen and oxygen atoms in total. The average molecular weight is 295 g/mol. The SMILES string of the molecule is Cc1cccc(NC(=O)N2CCN(c3ccccc3)CC2)c1. The molecule has 1 fully saturated rings. The molecule has 1 N–H and O–H groups in total. The molecule has 22 heavy (non-hydrogen) atoms. The minimum absolute atomic E-state index is 0.0155. The molecular weight excluding hydrogens is 274 g/mol. The number of aryl methyl sites for hydroxylation is 1. The van der Waals surface area contributed by atoms with Crippen LogP contribution in [0.15, 0.2) is 54.6 Å². The fraction of sp³-hybridized carbons (Fsp3) is 0.278. The number of para-hydroxylation sites is 1. The van der Waals surface area contributed by atoms with Crippen LogP contribution in [0.1, 0.15) is 5.56 Å². The quantitative estimate of drug-likeness (QED) is 0.922. The van der Waals surface area contributed by atoms with Gasteiger partial charge in [-0.2, -0.15) is 0 Å². The molecule has 1 heterocycles. The summed E-state index contributed by atoms with van der Waals surface area (Å²) in [6.07, 6.45) is 0. The van der Waals surface area contributed by atoms with E-state index in [2.05, 4.69) is 22.3 Å². The van der Waals surface area contributed by atoms with E-state index in [1.807, 2.05) is 54.3 Å². The Morgan fingerprint density at radius 3 is 2.36 bits per heavy atom. The molecule has 1 saturated heterocycles. The van der Waals surface area contributed by atoms with Crippen molar-refractivity contribution in [1.82, 2.24) is 4.90 Å². The van der Waals surface area contributed by atoms with Crippen molar-refractivity contribution in [3.05, 3.63) is 60.2 Å². The summed E-state index contributed by atoms with van der Waals surface area (Å²) >= 11 is 0. The number of carbonyl (C=O) groups is 1. The van der Waals surface area contributed by atoms with E-state index in [0.29, 0.717) is 0 Å². The molecule has 0 aliphatic carbocycles. The van der Waals surface area contributed by atoms with Gasteiger partial charge in [0, 0.05) is 37.6 Å². The maximum Gasteiger partial charge on any atom is 0.321 e. The average Bonchev–Trinajstić information content (AvgIpc) is 2.56. The number of amides is 2. The third-order valence-corrected chi connectivity index (χ3v) is 3.96. The predicted octanol–water partition coefficient (Wildman–Crippen LogP) is 3.35. The Balaban J connectivity index is 1.56. The summed E-state index contributed by atoms with van der Waals surface area (Å²) in [5.74, 6) is 0. The predicted molar refractivity (Wildman–Crippen MR) is 90.4 cm³/mol. The fourth-order valence-electron chi connectivity index (χ4n) is 2.73. The minimum atomic E-state index is -0.0155. The van der Waals surface area contributed by atoms with Crippen LogP contribution in [0.5, 0.6) is 0 Å². The lowest BCUT2D eigenvalue weighted by Gasteiger charge is -2.36. The normalized spacial score (nSPS) is 14.8. The van der Waals surface area contributed by atoms with Crippen molar-refractivity contribution in [2.75, 3.05) is 36.4 Å². The van der Waals surface area contributed by atoms with Gasteiger partial charge in [0.25, 0.3) is 0 Å². The highest BCUT2D eigenvalue weighted by molar-refractivity contribution is 5.89. The topological polar surface area (TPSA) is 35.6 Å². The third-order valence-electron chi connectivity index (χ3n) is 3.96. The van der Waals surface area contributed by atoms with Gasteiger partial charge in [-0.05, 0) is 36.8 Å². The van der Waals surface area contributed by atoms with Crippen LogP contribution in [-0.2, 0) is 0 Å². The molecule has 0 radical (unpaired) electrons. The second kappa shape index (κ2) is 6.52. The fourth-order valence-corrected chi connectivity index (χ4v) is 2.73. The third kappa shape index (κ3) is 3.39. The molecule has 0 saturated carbocycles. The zero-order valence-corrected chi connectivity index (χ0v) is 12.8. The van der Waals surface area contributed by atoms with E-state index >= 15 is 0 Å². The zero-order chi connectivity index (χ0) is 15.4. The van der Waals surface area contributed by atoms with E-state index in [1.165, 1.54) is 5.69 Å². The number of anilines is 2. The molecule has 2 aromatic carbocycles. The van der Waals surface area contributed by atoms with Crippen LogP contribution in [0.2, 0.25) is 0 Å². The summed E-state index contributed by atoms with van der Waals surface area (Å²) in [6.45, 7) is 5.24. The van der Waals surface area contributed by atoms with E-state index in [-0.39, 0.29) is 6.03 Å². The molecular formula is C18H21N3O. The van der Waals surface area contributed by atoms with Gasteiger partial charge in [0.05, 0.1) is 0 Å². The van der Waals surface area contributed by atoms with Crippen LogP contribution in [0, 0.1) is 6.92 Å². The van der Waals surface area contributed by atoms with Gasteiger partial charge in [-0.15, -0.1) is 0 Å². The molecule has 4 heteroatoms. The van der Waals surface area contributed by atoms with Gasteiger partial charge < -0.3 is 15.1 Å². The number of rotatable bonds is 2. The van der Waals surface area contributed by atoms with Crippen LogP contribution in [0.3, 0.4) is 0 Å². The lowest BCUT2D eigenvalue weighted by molar-refractivity contribution is 0.208. The number of carbonyl (C=O) groups excluding carboxylic acids is 1. The van der Waals surface area contributed by atoms with Gasteiger partial charge >= 0.3 is 6.03 Å². The summed E-state index contributed by atoms with van der Waals surface area (Å²) in [7, 11) is 0. The van der Waals surface area contributed by atoms with Crippen molar-refractivity contribution < 1.29 is 4.79 Å². The van der Waals surface area contributed by atoms with E-state index in [9.17, 15) is 4.79 Å². The van der Waals surface area contributed by atoms with Crippen molar-refractivity contribution in [3.8, 4) is 0 Å². The van der Waals surface area contributed by atoms with Crippen LogP contribution in [0.4, 0.5) is 16.2 Å². The van der Waals surface area contributed by atoms with Gasteiger partial charge in [-0.25, -0.2) is 4.79 Å². The summed E-state index contributed by atoms with van der Waals surface area (Å²) in [4.78, 5) is 16.5. The highest BCUT2D eigenvalue weighted by Crippen LogP contribution is 2.16. The molecule has 1 aliphatic heterocycles. The number of benzene rings is 2. The Kier molecular flexibility index (Phi) is 4.28. The number of hydrogen-bond acceptors (Lipinski definition) is 2. The number of urea groups is 1. The van der Waals surface area contributed by atoms with Crippen molar-refractivity contribution in [1.29, 1.82) is 0 Å². The molecule has 0 unspecified atom stereocenters. The summed E-state index contributed by atoms with van der Waals surface area (Å²) in [6, 6.07) is 18.2. The highest BCUT2D eigenvalue weighted by atomic mass is 16.2. The van der Waals surface area contributed by atoms with Crippen molar-refractivity contribution in [3.63, 3.8) is 0 Å². The Morgan fingerprint density at radius 1 is 0.955 bits per heavy atom. The Labute approximate surface area is 131 Å². The summed E-state index contributed by atoms with van der Waals surface area (Å²) in [5.41, 5.74) is 3.23. The maximum absolute atomic E-state index is 12.3. The van der Waals surface area contributed by atoms with Gasteiger partial charge in [0.15, 0.2) is 0 Å². The van der Waals surface area contributed by atoms with Crippen LogP contribution in [0.25, 0.3) is 0 Å². The summed E-state index contributed by atoms with van der Waals surface area (Å²) < 4.78 is 0. The number of hydrogen-bond donors (Lipinski definition) is 1. The Bertz CT molecular complexity index is 634. The van der Waals surface area contributed by atoms with E-state index in [1.54, 1.807) is 0 Å². The smallest absolute Gasteiger partial charge is 0.321 e. The Hall–Kier alpha value is -2.49. The monoisotopic (exact) mass is 295 g/mol. The first-order valence-corrected chi connectivity index (χ1v) is 7.65. The molecule has 0 atom stereocenters. The Morgan fingerprint density at radius 2 is 1.68 bits per heavy atom. The lowest BCUT2D eigenvalue weighted by Crippen LogP contribution is -2.50. The number of nitrogens with one attached hydrogen (secondary N) is 1. The van der Waals surface area contributed by atoms with Crippen LogP contribution >= 0.6 is 0 Å². The van der Waals surface area contributed by atoms with Crippen LogP contribution < -0.4 is 10.2 Å². The molecule has 0 aromatic heterocycles. The zero-order valence-electron chi connectivity index (χ0n) is 12.8. The van der Waals surface area contributed by atoms with E-state index in [4.69, 9.17) is 0 Å². The molecule has 0 spiro atoms.